The van der Waals surface area contributed by atoms with Crippen LogP contribution >= 0.6 is 0 Å². The highest BCUT2D eigenvalue weighted by molar-refractivity contribution is 6.27. The van der Waals surface area contributed by atoms with Crippen LogP contribution in [0.25, 0.3) is 65.4 Å². The van der Waals surface area contributed by atoms with E-state index >= 15 is 0 Å². The number of hydrogen-bond donors (Lipinski definition) is 0. The van der Waals surface area contributed by atoms with Gasteiger partial charge in [-0.05, 0) is 51.9 Å². The summed E-state index contributed by atoms with van der Waals surface area (Å²) in [4.78, 5) is 3.52. The van der Waals surface area contributed by atoms with Gasteiger partial charge in [-0.15, -0.1) is 0 Å². The van der Waals surface area contributed by atoms with E-state index in [2.05, 4.69) is 82.2 Å². The van der Waals surface area contributed by atoms with Gasteiger partial charge in [0, 0.05) is 16.2 Å². The van der Waals surface area contributed by atoms with Gasteiger partial charge in [-0.2, -0.15) is 5.26 Å². The fourth-order valence-corrected chi connectivity index (χ4v) is 5.45. The van der Waals surface area contributed by atoms with Crippen LogP contribution in [0.15, 0.2) is 91.0 Å². The van der Waals surface area contributed by atoms with Gasteiger partial charge in [0.15, 0.2) is 5.69 Å². The number of benzene rings is 5. The number of fused-ring (bicyclic) bond motifs is 7. The van der Waals surface area contributed by atoms with E-state index in [1.165, 1.54) is 38.4 Å². The molecular formula is C30H15N3. The molecule has 0 saturated heterocycles. The molecule has 3 nitrogen and oxygen atoms in total. The van der Waals surface area contributed by atoms with Gasteiger partial charge in [0.1, 0.15) is 0 Å². The smallest absolute Gasteiger partial charge is 0.188 e. The van der Waals surface area contributed by atoms with E-state index in [0.29, 0.717) is 11.3 Å². The van der Waals surface area contributed by atoms with E-state index in [4.69, 9.17) is 6.57 Å². The molecule has 1 heterocycles. The fraction of sp³-hybridized carbons (Fsp3) is 0. The Morgan fingerprint density at radius 3 is 2.24 bits per heavy atom. The first-order chi connectivity index (χ1) is 16.3. The first kappa shape index (κ1) is 17.8. The Bertz CT molecular complexity index is 1890. The lowest BCUT2D eigenvalue weighted by molar-refractivity contribution is 1.17. The minimum atomic E-state index is 0.471. The van der Waals surface area contributed by atoms with Crippen molar-refractivity contribution in [1.82, 2.24) is 4.57 Å². The predicted octanol–water partition coefficient (Wildman–Crippen LogP) is 8.01. The Morgan fingerprint density at radius 2 is 1.42 bits per heavy atom. The highest BCUT2D eigenvalue weighted by Gasteiger charge is 2.25. The number of aromatic nitrogens is 1. The number of hydrogen-bond acceptors (Lipinski definition) is 1. The molecule has 0 aliphatic heterocycles. The van der Waals surface area contributed by atoms with Crippen molar-refractivity contribution in [3.05, 3.63) is 108 Å². The number of para-hydroxylation sites is 1. The topological polar surface area (TPSA) is 33.1 Å². The van der Waals surface area contributed by atoms with Crippen LogP contribution in [0, 0.1) is 17.9 Å². The maximum absolute atomic E-state index is 9.94. The molecule has 6 aromatic rings. The van der Waals surface area contributed by atoms with Crippen molar-refractivity contribution in [2.24, 2.45) is 0 Å². The van der Waals surface area contributed by atoms with Crippen molar-refractivity contribution in [3.63, 3.8) is 0 Å². The van der Waals surface area contributed by atoms with Crippen LogP contribution in [0.5, 0.6) is 0 Å². The van der Waals surface area contributed by atoms with Gasteiger partial charge >= 0.3 is 0 Å². The summed E-state index contributed by atoms with van der Waals surface area (Å²) < 4.78 is 2.20. The summed E-state index contributed by atoms with van der Waals surface area (Å²) in [6, 6.07) is 33.4. The number of nitriles is 1. The molecule has 0 unspecified atom stereocenters. The van der Waals surface area contributed by atoms with Crippen molar-refractivity contribution in [2.45, 2.75) is 0 Å². The van der Waals surface area contributed by atoms with E-state index in [0.717, 1.165) is 22.1 Å². The SMILES string of the molecule is [C-]#[N+]c1ccc(-n2c3ccccc3c3cc4c5c(cccc5c32)-c2ccccc2-4)c(C#N)c1. The molecule has 0 saturated carbocycles. The molecule has 0 fully saturated rings. The van der Waals surface area contributed by atoms with Gasteiger partial charge in [0.2, 0.25) is 0 Å². The minimum absolute atomic E-state index is 0.471. The average molecular weight is 417 g/mol. The Morgan fingerprint density at radius 1 is 0.697 bits per heavy atom. The summed E-state index contributed by atoms with van der Waals surface area (Å²) >= 11 is 0. The third-order valence-electron chi connectivity index (χ3n) is 6.77. The minimum Gasteiger partial charge on any atom is -0.307 e. The van der Waals surface area contributed by atoms with Gasteiger partial charge < -0.3 is 4.57 Å². The Labute approximate surface area is 190 Å². The van der Waals surface area contributed by atoms with Crippen molar-refractivity contribution in [1.29, 1.82) is 5.26 Å². The van der Waals surface area contributed by atoms with Crippen molar-refractivity contribution < 1.29 is 0 Å². The van der Waals surface area contributed by atoms with Crippen molar-refractivity contribution in [3.8, 4) is 34.0 Å². The zero-order chi connectivity index (χ0) is 22.1. The Kier molecular flexibility index (Phi) is 3.41. The zero-order valence-electron chi connectivity index (χ0n) is 17.5. The van der Waals surface area contributed by atoms with Crippen LogP contribution < -0.4 is 0 Å². The predicted molar refractivity (Wildman–Crippen MR) is 134 cm³/mol. The molecular weight excluding hydrogens is 402 g/mol. The Hall–Kier alpha value is -4.86. The normalized spacial score (nSPS) is 11.6. The van der Waals surface area contributed by atoms with Gasteiger partial charge in [-0.1, -0.05) is 66.7 Å². The third kappa shape index (κ3) is 2.21. The molecule has 0 atom stereocenters. The molecule has 0 radical (unpaired) electrons. The molecule has 150 valence electrons. The van der Waals surface area contributed by atoms with E-state index in [1.807, 2.05) is 12.1 Å². The van der Waals surface area contributed by atoms with Crippen molar-refractivity contribution >= 4 is 38.3 Å². The summed E-state index contributed by atoms with van der Waals surface area (Å²) in [5, 5.41) is 14.7. The fourth-order valence-electron chi connectivity index (χ4n) is 5.45. The standard InChI is InChI=1S/C30H15N3/c1-32-19-13-14-27(18(15-19)17-31)33-28-12-5-4-9-22(28)26-16-25-21-8-3-2-7-20(21)23-10-6-11-24(29(23)25)30(26)33/h2-16H. The van der Waals surface area contributed by atoms with Gasteiger partial charge in [-0.3, -0.25) is 0 Å². The van der Waals surface area contributed by atoms with E-state index in [9.17, 15) is 5.26 Å². The molecule has 1 aliphatic carbocycles. The molecule has 0 N–H and O–H groups in total. The molecule has 3 heteroatoms. The lowest BCUT2D eigenvalue weighted by Gasteiger charge is -2.13. The van der Waals surface area contributed by atoms with Gasteiger partial charge in [-0.25, -0.2) is 4.85 Å². The first-order valence-electron chi connectivity index (χ1n) is 10.8. The maximum Gasteiger partial charge on any atom is 0.188 e. The second-order valence-electron chi connectivity index (χ2n) is 8.37. The highest BCUT2D eigenvalue weighted by atomic mass is 15.0. The average Bonchev–Trinajstić information content (AvgIpc) is 3.38. The highest BCUT2D eigenvalue weighted by Crippen LogP contribution is 2.51. The third-order valence-corrected chi connectivity index (χ3v) is 6.77. The summed E-state index contributed by atoms with van der Waals surface area (Å²) in [5.74, 6) is 0. The number of rotatable bonds is 1. The maximum atomic E-state index is 9.94. The molecule has 7 rings (SSSR count). The van der Waals surface area contributed by atoms with Crippen LogP contribution in [0.3, 0.4) is 0 Å². The van der Waals surface area contributed by atoms with Crippen LogP contribution in [0.4, 0.5) is 5.69 Å². The summed E-state index contributed by atoms with van der Waals surface area (Å²) in [5.41, 5.74) is 8.95. The molecule has 5 aromatic carbocycles. The first-order valence-corrected chi connectivity index (χ1v) is 10.8. The summed E-state index contributed by atoms with van der Waals surface area (Å²) in [6.45, 7) is 7.36. The quantitative estimate of drug-likeness (QED) is 0.249. The van der Waals surface area contributed by atoms with Crippen LogP contribution in [-0.2, 0) is 0 Å². The molecule has 33 heavy (non-hydrogen) atoms. The van der Waals surface area contributed by atoms with Gasteiger partial charge in [0.05, 0.1) is 34.9 Å². The zero-order valence-corrected chi connectivity index (χ0v) is 17.5. The monoisotopic (exact) mass is 417 g/mol. The molecule has 1 aromatic heterocycles. The summed E-state index contributed by atoms with van der Waals surface area (Å²) in [6.07, 6.45) is 0. The van der Waals surface area contributed by atoms with Crippen molar-refractivity contribution in [2.75, 3.05) is 0 Å². The molecule has 0 bridgehead atoms. The van der Waals surface area contributed by atoms with E-state index in [1.54, 1.807) is 12.1 Å². The van der Waals surface area contributed by atoms with Crippen LogP contribution in [-0.4, -0.2) is 4.57 Å². The molecule has 0 spiro atoms. The van der Waals surface area contributed by atoms with Crippen LogP contribution in [0.2, 0.25) is 0 Å². The second kappa shape index (κ2) is 6.33. The summed E-state index contributed by atoms with van der Waals surface area (Å²) in [7, 11) is 0. The lowest BCUT2D eigenvalue weighted by atomic mass is 9.99. The Balaban J connectivity index is 1.73. The van der Waals surface area contributed by atoms with E-state index in [-0.39, 0.29) is 0 Å². The molecule has 0 amide bonds. The molecule has 1 aliphatic rings. The lowest BCUT2D eigenvalue weighted by Crippen LogP contribution is -1.98. The number of nitrogens with zero attached hydrogens (tertiary/aromatic N) is 3. The largest absolute Gasteiger partial charge is 0.307 e. The van der Waals surface area contributed by atoms with Gasteiger partial charge in [0.25, 0.3) is 0 Å². The van der Waals surface area contributed by atoms with Crippen LogP contribution in [0.1, 0.15) is 5.56 Å². The second-order valence-corrected chi connectivity index (χ2v) is 8.37. The van der Waals surface area contributed by atoms with E-state index < -0.39 is 0 Å².